The van der Waals surface area contributed by atoms with E-state index in [-0.39, 0.29) is 23.3 Å². The third-order valence-corrected chi connectivity index (χ3v) is 5.64. The van der Waals surface area contributed by atoms with Crippen LogP contribution in [0, 0.1) is 22.0 Å². The number of rotatable bonds is 7. The maximum absolute atomic E-state index is 12.6. The average molecular weight is 391 g/mol. The van der Waals surface area contributed by atoms with Gasteiger partial charge in [-0.05, 0) is 50.2 Å². The molecule has 7 heteroatoms. The minimum atomic E-state index is -0.615. The molecule has 0 aromatic heterocycles. The number of nitro groups is 1. The molecule has 7 nitrogen and oxygen atoms in total. The van der Waals surface area contributed by atoms with Crippen molar-refractivity contribution in [2.45, 2.75) is 64.6 Å². The summed E-state index contributed by atoms with van der Waals surface area (Å²) >= 11 is 0. The lowest BCUT2D eigenvalue weighted by atomic mass is 9.80. The molecular weight excluding hydrogens is 362 g/mol. The molecule has 0 amide bonds. The zero-order chi connectivity index (χ0) is 19.9. The van der Waals surface area contributed by atoms with Crippen LogP contribution in [0.3, 0.4) is 0 Å². The van der Waals surface area contributed by atoms with E-state index < -0.39 is 11.2 Å². The van der Waals surface area contributed by atoms with Gasteiger partial charge in [-0.25, -0.2) is 0 Å². The highest BCUT2D eigenvalue weighted by molar-refractivity contribution is 5.76. The summed E-state index contributed by atoms with van der Waals surface area (Å²) in [6.07, 6.45) is 7.46. The second kappa shape index (κ2) is 9.98. The number of nitrogens with zero attached hydrogens (tertiary/aromatic N) is 1. The average Bonchev–Trinajstić information content (AvgIpc) is 2.73. The largest absolute Gasteiger partial charge is 0.419 e. The highest BCUT2D eigenvalue weighted by Crippen LogP contribution is 2.36. The third kappa shape index (κ3) is 5.29. The van der Waals surface area contributed by atoms with Gasteiger partial charge in [-0.1, -0.05) is 26.2 Å². The van der Waals surface area contributed by atoms with Crippen LogP contribution in [0.4, 0.5) is 5.69 Å². The van der Waals surface area contributed by atoms with Crippen molar-refractivity contribution >= 4 is 11.7 Å². The molecule has 1 saturated carbocycles. The second-order valence-electron chi connectivity index (χ2n) is 7.69. The van der Waals surface area contributed by atoms with E-state index in [2.05, 4.69) is 6.92 Å². The number of esters is 1. The Morgan fingerprint density at radius 1 is 1.21 bits per heavy atom. The molecule has 0 unspecified atom stereocenters. The number of ether oxygens (including phenoxy) is 3. The molecule has 3 rings (SSSR count). The van der Waals surface area contributed by atoms with Crippen molar-refractivity contribution in [2.24, 2.45) is 11.8 Å². The van der Waals surface area contributed by atoms with Gasteiger partial charge in [0.2, 0.25) is 5.75 Å². The minimum absolute atomic E-state index is 0.0114. The van der Waals surface area contributed by atoms with Gasteiger partial charge in [-0.3, -0.25) is 14.9 Å². The normalized spacial score (nSPS) is 23.3. The van der Waals surface area contributed by atoms with Crippen molar-refractivity contribution in [3.8, 4) is 5.75 Å². The van der Waals surface area contributed by atoms with Gasteiger partial charge in [0, 0.05) is 11.6 Å². The molecular formula is C21H29NO6. The summed E-state index contributed by atoms with van der Waals surface area (Å²) in [6.45, 7) is 3.29. The van der Waals surface area contributed by atoms with Crippen molar-refractivity contribution in [3.63, 3.8) is 0 Å². The molecule has 0 atom stereocenters. The molecule has 154 valence electrons. The zero-order valence-corrected chi connectivity index (χ0v) is 16.4. The maximum atomic E-state index is 12.6. The smallest absolute Gasteiger partial charge is 0.314 e. The molecule has 1 aliphatic heterocycles. The van der Waals surface area contributed by atoms with Gasteiger partial charge >= 0.3 is 11.7 Å². The van der Waals surface area contributed by atoms with Gasteiger partial charge in [0.15, 0.2) is 6.29 Å². The molecule has 28 heavy (non-hydrogen) atoms. The molecule has 2 fully saturated rings. The van der Waals surface area contributed by atoms with Gasteiger partial charge in [0.1, 0.15) is 0 Å². The Morgan fingerprint density at radius 3 is 2.57 bits per heavy atom. The van der Waals surface area contributed by atoms with Crippen molar-refractivity contribution < 1.29 is 23.9 Å². The summed E-state index contributed by atoms with van der Waals surface area (Å²) in [5.41, 5.74) is 0.322. The standard InChI is InChI=1S/C21H29NO6/c1-2-3-5-15-6-8-16(9-7-15)20(23)28-19-11-10-17(14-18(19)22(24)25)21-26-12-4-13-27-21/h10-11,14-16,21H,2-9,12-13H2,1H3. The number of hydrogen-bond donors (Lipinski definition) is 0. The van der Waals surface area contributed by atoms with Crippen molar-refractivity contribution in [1.29, 1.82) is 0 Å². The van der Waals surface area contributed by atoms with E-state index in [0.29, 0.717) is 24.7 Å². The molecule has 2 aliphatic rings. The molecule has 1 heterocycles. The van der Waals surface area contributed by atoms with Crippen LogP contribution in [0.15, 0.2) is 18.2 Å². The summed E-state index contributed by atoms with van der Waals surface area (Å²) in [4.78, 5) is 23.5. The topological polar surface area (TPSA) is 87.9 Å². The van der Waals surface area contributed by atoms with Crippen molar-refractivity contribution in [3.05, 3.63) is 33.9 Å². The van der Waals surface area contributed by atoms with Crippen LogP contribution in [0.1, 0.15) is 70.1 Å². The van der Waals surface area contributed by atoms with Gasteiger partial charge in [-0.15, -0.1) is 0 Å². The first-order chi connectivity index (χ1) is 13.6. The fraction of sp³-hybridized carbons (Fsp3) is 0.667. The molecule has 1 saturated heterocycles. The zero-order valence-electron chi connectivity index (χ0n) is 16.4. The predicted molar refractivity (Wildman–Crippen MR) is 103 cm³/mol. The molecule has 0 radical (unpaired) electrons. The lowest BCUT2D eigenvalue weighted by molar-refractivity contribution is -0.385. The molecule has 1 aliphatic carbocycles. The number of hydrogen-bond acceptors (Lipinski definition) is 6. The maximum Gasteiger partial charge on any atom is 0.314 e. The molecule has 1 aromatic carbocycles. The molecule has 0 bridgehead atoms. The Bertz CT molecular complexity index is 677. The van der Waals surface area contributed by atoms with Gasteiger partial charge in [-0.2, -0.15) is 0 Å². The first kappa shape index (κ1) is 20.7. The van der Waals surface area contributed by atoms with Crippen LogP contribution in [0.25, 0.3) is 0 Å². The van der Waals surface area contributed by atoms with Crippen LogP contribution in [0.5, 0.6) is 5.75 Å². The Labute approximate surface area is 165 Å². The number of carbonyl (C=O) groups is 1. The Kier molecular flexibility index (Phi) is 7.39. The van der Waals surface area contributed by atoms with Gasteiger partial charge in [0.25, 0.3) is 0 Å². The monoisotopic (exact) mass is 391 g/mol. The van der Waals surface area contributed by atoms with Gasteiger partial charge < -0.3 is 14.2 Å². The fourth-order valence-electron chi connectivity index (χ4n) is 3.96. The summed E-state index contributed by atoms with van der Waals surface area (Å²) in [6, 6.07) is 4.51. The third-order valence-electron chi connectivity index (χ3n) is 5.64. The SMILES string of the molecule is CCCCC1CCC(C(=O)Oc2ccc(C3OCCCO3)cc2[N+](=O)[O-])CC1. The Morgan fingerprint density at radius 2 is 1.93 bits per heavy atom. The molecule has 1 aromatic rings. The Hall–Kier alpha value is -1.99. The molecule has 0 N–H and O–H groups in total. The van der Waals surface area contributed by atoms with Crippen LogP contribution in [0.2, 0.25) is 0 Å². The highest BCUT2D eigenvalue weighted by atomic mass is 16.7. The minimum Gasteiger partial charge on any atom is -0.419 e. The number of nitro benzene ring substituents is 1. The summed E-state index contributed by atoms with van der Waals surface area (Å²) in [7, 11) is 0. The molecule has 0 spiro atoms. The van der Waals surface area contributed by atoms with E-state index in [0.717, 1.165) is 32.1 Å². The number of carbonyl (C=O) groups excluding carboxylic acids is 1. The lowest BCUT2D eigenvalue weighted by Crippen LogP contribution is -2.26. The van der Waals surface area contributed by atoms with Gasteiger partial charge in [0.05, 0.1) is 24.1 Å². The first-order valence-corrected chi connectivity index (χ1v) is 10.3. The quantitative estimate of drug-likeness (QED) is 0.283. The van der Waals surface area contributed by atoms with E-state index in [1.54, 1.807) is 6.07 Å². The lowest BCUT2D eigenvalue weighted by Gasteiger charge is -2.27. The summed E-state index contributed by atoms with van der Waals surface area (Å²) < 4.78 is 16.4. The van der Waals surface area contributed by atoms with E-state index in [4.69, 9.17) is 14.2 Å². The second-order valence-corrected chi connectivity index (χ2v) is 7.69. The van der Waals surface area contributed by atoms with E-state index >= 15 is 0 Å². The predicted octanol–water partition coefficient (Wildman–Crippen LogP) is 4.93. The summed E-state index contributed by atoms with van der Waals surface area (Å²) in [5.74, 6) is 0.132. The van der Waals surface area contributed by atoms with Crippen molar-refractivity contribution in [1.82, 2.24) is 0 Å². The van der Waals surface area contributed by atoms with E-state index in [9.17, 15) is 14.9 Å². The van der Waals surface area contributed by atoms with Crippen LogP contribution < -0.4 is 4.74 Å². The number of unbranched alkanes of at least 4 members (excludes halogenated alkanes) is 1. The van der Waals surface area contributed by atoms with Crippen molar-refractivity contribution in [2.75, 3.05) is 13.2 Å². The fourth-order valence-corrected chi connectivity index (χ4v) is 3.96. The van der Waals surface area contributed by atoms with E-state index in [1.165, 1.54) is 31.4 Å². The first-order valence-electron chi connectivity index (χ1n) is 10.3. The Balaban J connectivity index is 1.63. The van der Waals surface area contributed by atoms with Crippen LogP contribution >= 0.6 is 0 Å². The summed E-state index contributed by atoms with van der Waals surface area (Å²) in [5, 5.41) is 11.5. The number of benzene rings is 1. The van der Waals surface area contributed by atoms with E-state index in [1.807, 2.05) is 0 Å². The van der Waals surface area contributed by atoms with Crippen LogP contribution in [-0.4, -0.2) is 24.1 Å². The highest BCUT2D eigenvalue weighted by Gasteiger charge is 2.30. The van der Waals surface area contributed by atoms with Crippen LogP contribution in [-0.2, 0) is 14.3 Å².